The van der Waals surface area contributed by atoms with E-state index in [1.165, 1.54) is 0 Å². The van der Waals surface area contributed by atoms with E-state index in [2.05, 4.69) is 11.8 Å². The first-order valence-electron chi connectivity index (χ1n) is 2.52. The van der Waals surface area contributed by atoms with Crippen molar-refractivity contribution in [1.82, 2.24) is 0 Å². The summed E-state index contributed by atoms with van der Waals surface area (Å²) in [6, 6.07) is 0. The standard InChI is InChI=1S/C6H10O2/c1-2-3-6(8)4-5-7/h6-8H,4-5H2,1H3. The largest absolute Gasteiger partial charge is 0.396 e. The van der Waals surface area contributed by atoms with Gasteiger partial charge in [0.25, 0.3) is 0 Å². The Labute approximate surface area is 49.2 Å². The van der Waals surface area contributed by atoms with E-state index >= 15 is 0 Å². The first kappa shape index (κ1) is 7.48. The van der Waals surface area contributed by atoms with Crippen LogP contribution in [-0.4, -0.2) is 22.9 Å². The molecule has 0 saturated heterocycles. The Balaban J connectivity index is 3.27. The van der Waals surface area contributed by atoms with Crippen LogP contribution < -0.4 is 0 Å². The Bertz CT molecular complexity index is 98.8. The lowest BCUT2D eigenvalue weighted by atomic mass is 10.3. The quantitative estimate of drug-likeness (QED) is 0.486. The zero-order valence-corrected chi connectivity index (χ0v) is 4.89. The SMILES string of the molecule is CC#CC(O)CCO. The van der Waals surface area contributed by atoms with E-state index in [9.17, 15) is 0 Å². The molecule has 46 valence electrons. The van der Waals surface area contributed by atoms with Gasteiger partial charge in [0, 0.05) is 13.0 Å². The van der Waals surface area contributed by atoms with E-state index in [-0.39, 0.29) is 6.61 Å². The lowest BCUT2D eigenvalue weighted by Gasteiger charge is -1.95. The molecule has 1 unspecified atom stereocenters. The summed E-state index contributed by atoms with van der Waals surface area (Å²) < 4.78 is 0. The molecule has 0 radical (unpaired) electrons. The van der Waals surface area contributed by atoms with Gasteiger partial charge < -0.3 is 10.2 Å². The van der Waals surface area contributed by atoms with Gasteiger partial charge >= 0.3 is 0 Å². The predicted molar refractivity (Wildman–Crippen MR) is 31.2 cm³/mol. The molecule has 0 saturated carbocycles. The highest BCUT2D eigenvalue weighted by atomic mass is 16.3. The van der Waals surface area contributed by atoms with Crippen LogP contribution in [-0.2, 0) is 0 Å². The lowest BCUT2D eigenvalue weighted by molar-refractivity contribution is 0.177. The van der Waals surface area contributed by atoms with Crippen LogP contribution in [0.5, 0.6) is 0 Å². The molecule has 1 atom stereocenters. The molecule has 0 bridgehead atoms. The zero-order chi connectivity index (χ0) is 6.41. The van der Waals surface area contributed by atoms with Crippen molar-refractivity contribution in [3.8, 4) is 11.8 Å². The monoisotopic (exact) mass is 114 g/mol. The van der Waals surface area contributed by atoms with E-state index < -0.39 is 6.10 Å². The summed E-state index contributed by atoms with van der Waals surface area (Å²) in [6.45, 7) is 1.65. The fraction of sp³-hybridized carbons (Fsp3) is 0.667. The van der Waals surface area contributed by atoms with E-state index in [4.69, 9.17) is 10.2 Å². The molecule has 0 spiro atoms. The molecule has 0 aromatic heterocycles. The summed E-state index contributed by atoms with van der Waals surface area (Å²) in [5.41, 5.74) is 0. The molecule has 2 heteroatoms. The number of hydrogen-bond donors (Lipinski definition) is 2. The molecule has 0 amide bonds. The van der Waals surface area contributed by atoms with E-state index in [1.807, 2.05) is 0 Å². The molecule has 0 heterocycles. The van der Waals surface area contributed by atoms with Crippen LogP contribution in [0.1, 0.15) is 13.3 Å². The Morgan fingerprint density at radius 2 is 2.25 bits per heavy atom. The van der Waals surface area contributed by atoms with Crippen LogP contribution in [0.2, 0.25) is 0 Å². The maximum absolute atomic E-state index is 8.72. The van der Waals surface area contributed by atoms with Crippen molar-refractivity contribution in [2.75, 3.05) is 6.61 Å². The van der Waals surface area contributed by atoms with Gasteiger partial charge in [-0.1, -0.05) is 5.92 Å². The Morgan fingerprint density at radius 3 is 2.62 bits per heavy atom. The van der Waals surface area contributed by atoms with Gasteiger partial charge in [-0.3, -0.25) is 0 Å². The first-order chi connectivity index (χ1) is 3.81. The Morgan fingerprint density at radius 1 is 1.62 bits per heavy atom. The number of rotatable bonds is 2. The molecule has 0 aliphatic heterocycles. The van der Waals surface area contributed by atoms with Gasteiger partial charge in [0.15, 0.2) is 0 Å². The molecular weight excluding hydrogens is 104 g/mol. The van der Waals surface area contributed by atoms with Crippen molar-refractivity contribution in [3.63, 3.8) is 0 Å². The number of aliphatic hydroxyl groups is 2. The molecule has 0 aliphatic rings. The highest BCUT2D eigenvalue weighted by Gasteiger charge is 1.93. The highest BCUT2D eigenvalue weighted by molar-refractivity contribution is 5.01. The highest BCUT2D eigenvalue weighted by Crippen LogP contribution is 1.84. The van der Waals surface area contributed by atoms with Crippen LogP contribution in [0.3, 0.4) is 0 Å². The topological polar surface area (TPSA) is 40.5 Å². The fourth-order valence-electron chi connectivity index (χ4n) is 0.361. The third kappa shape index (κ3) is 3.66. The smallest absolute Gasteiger partial charge is 0.116 e. The third-order valence-electron chi connectivity index (χ3n) is 0.713. The van der Waals surface area contributed by atoms with E-state index in [1.54, 1.807) is 6.92 Å². The van der Waals surface area contributed by atoms with Gasteiger partial charge in [0.2, 0.25) is 0 Å². The second-order valence-corrected chi connectivity index (χ2v) is 1.42. The summed E-state index contributed by atoms with van der Waals surface area (Å²) >= 11 is 0. The minimum atomic E-state index is -0.648. The van der Waals surface area contributed by atoms with Crippen LogP contribution in [0, 0.1) is 11.8 Å². The lowest BCUT2D eigenvalue weighted by Crippen LogP contribution is -2.04. The molecule has 2 N–H and O–H groups in total. The molecule has 0 aromatic rings. The van der Waals surface area contributed by atoms with Crippen molar-refractivity contribution >= 4 is 0 Å². The van der Waals surface area contributed by atoms with Crippen molar-refractivity contribution in [3.05, 3.63) is 0 Å². The predicted octanol–water partition coefficient (Wildman–Crippen LogP) is -0.247. The molecular formula is C6H10O2. The maximum atomic E-state index is 8.72. The summed E-state index contributed by atoms with van der Waals surface area (Å²) in [5, 5.41) is 17.0. The summed E-state index contributed by atoms with van der Waals surface area (Å²) in [6.07, 6.45) is -0.300. The normalized spacial score (nSPS) is 11.9. The molecule has 2 nitrogen and oxygen atoms in total. The van der Waals surface area contributed by atoms with Gasteiger partial charge in [-0.2, -0.15) is 0 Å². The Hall–Kier alpha value is -0.520. The fourth-order valence-corrected chi connectivity index (χ4v) is 0.361. The summed E-state index contributed by atoms with van der Waals surface area (Å²) in [7, 11) is 0. The maximum Gasteiger partial charge on any atom is 0.116 e. The Kier molecular flexibility index (Phi) is 4.33. The molecule has 0 rings (SSSR count). The van der Waals surface area contributed by atoms with Gasteiger partial charge in [0.1, 0.15) is 6.10 Å². The third-order valence-corrected chi connectivity index (χ3v) is 0.713. The van der Waals surface area contributed by atoms with Crippen molar-refractivity contribution in [2.24, 2.45) is 0 Å². The van der Waals surface area contributed by atoms with Gasteiger partial charge in [0.05, 0.1) is 0 Å². The van der Waals surface area contributed by atoms with Gasteiger partial charge in [-0.05, 0) is 6.92 Å². The first-order valence-corrected chi connectivity index (χ1v) is 2.52. The molecule has 0 fully saturated rings. The summed E-state index contributed by atoms with van der Waals surface area (Å²) in [4.78, 5) is 0. The van der Waals surface area contributed by atoms with E-state index in [0.717, 1.165) is 0 Å². The van der Waals surface area contributed by atoms with Crippen molar-refractivity contribution < 1.29 is 10.2 Å². The van der Waals surface area contributed by atoms with Crippen LogP contribution in [0.4, 0.5) is 0 Å². The molecule has 0 aliphatic carbocycles. The molecule has 8 heavy (non-hydrogen) atoms. The van der Waals surface area contributed by atoms with Crippen molar-refractivity contribution in [1.29, 1.82) is 0 Å². The van der Waals surface area contributed by atoms with E-state index in [0.29, 0.717) is 6.42 Å². The van der Waals surface area contributed by atoms with Gasteiger partial charge in [-0.15, -0.1) is 5.92 Å². The zero-order valence-electron chi connectivity index (χ0n) is 4.89. The van der Waals surface area contributed by atoms with Gasteiger partial charge in [-0.25, -0.2) is 0 Å². The minimum absolute atomic E-state index is 0.00412. The van der Waals surface area contributed by atoms with Crippen LogP contribution >= 0.6 is 0 Å². The van der Waals surface area contributed by atoms with Crippen molar-refractivity contribution in [2.45, 2.75) is 19.4 Å². The number of aliphatic hydroxyl groups excluding tert-OH is 2. The number of hydrogen-bond acceptors (Lipinski definition) is 2. The average Bonchev–Trinajstić information content (AvgIpc) is 1.68. The second kappa shape index (κ2) is 4.63. The summed E-state index contributed by atoms with van der Waals surface area (Å²) in [5.74, 6) is 5.03. The van der Waals surface area contributed by atoms with Crippen LogP contribution in [0.25, 0.3) is 0 Å². The second-order valence-electron chi connectivity index (χ2n) is 1.42. The minimum Gasteiger partial charge on any atom is -0.396 e. The average molecular weight is 114 g/mol. The van der Waals surface area contributed by atoms with Crippen LogP contribution in [0.15, 0.2) is 0 Å². The molecule has 0 aromatic carbocycles.